The Bertz CT molecular complexity index is 536. The number of nitrogens with zero attached hydrogens (tertiary/aromatic N) is 1. The van der Waals surface area contributed by atoms with Crippen LogP contribution in [-0.4, -0.2) is 31.1 Å². The average Bonchev–Trinajstić information content (AvgIpc) is 2.55. The molecule has 24 heavy (non-hydrogen) atoms. The normalized spacial score (nSPS) is 17.7. The van der Waals surface area contributed by atoms with Crippen LogP contribution in [0.5, 0.6) is 0 Å². The molecule has 0 aromatic heterocycles. The monoisotopic (exact) mass is 344 g/mol. The minimum atomic E-state index is -4.67. The molecule has 0 radical (unpaired) electrons. The fourth-order valence-corrected chi connectivity index (χ4v) is 3.15. The van der Waals surface area contributed by atoms with Gasteiger partial charge in [-0.3, -0.25) is 4.90 Å². The van der Waals surface area contributed by atoms with Gasteiger partial charge in [-0.25, -0.2) is 4.39 Å². The van der Waals surface area contributed by atoms with Gasteiger partial charge in [-0.15, -0.1) is 6.58 Å². The maximum absolute atomic E-state index is 13.6. The molecule has 0 spiro atoms. The van der Waals surface area contributed by atoms with Gasteiger partial charge in [0.2, 0.25) is 0 Å². The maximum atomic E-state index is 13.6. The summed E-state index contributed by atoms with van der Waals surface area (Å²) in [7, 11) is 0. The van der Waals surface area contributed by atoms with Crippen LogP contribution in [0.3, 0.4) is 0 Å². The summed E-state index contributed by atoms with van der Waals surface area (Å²) in [5.74, 6) is -1.21. The van der Waals surface area contributed by atoms with Gasteiger partial charge < -0.3 is 5.32 Å². The van der Waals surface area contributed by atoms with Crippen molar-refractivity contribution in [1.29, 1.82) is 0 Å². The highest BCUT2D eigenvalue weighted by molar-refractivity contribution is 5.29. The van der Waals surface area contributed by atoms with Crippen LogP contribution in [0, 0.1) is 5.82 Å². The summed E-state index contributed by atoms with van der Waals surface area (Å²) in [6.07, 6.45) is 0.692. The second-order valence-electron chi connectivity index (χ2n) is 6.11. The fourth-order valence-electron chi connectivity index (χ4n) is 3.15. The largest absolute Gasteiger partial charge is 0.419 e. The van der Waals surface area contributed by atoms with Crippen LogP contribution in [0.4, 0.5) is 17.6 Å². The third-order valence-corrected chi connectivity index (χ3v) is 4.41. The van der Waals surface area contributed by atoms with Crippen molar-refractivity contribution < 1.29 is 17.6 Å². The number of hydrogen-bond donors (Lipinski definition) is 1. The van der Waals surface area contributed by atoms with Crippen molar-refractivity contribution in [2.45, 2.75) is 37.9 Å². The molecule has 6 heteroatoms. The number of benzene rings is 1. The van der Waals surface area contributed by atoms with E-state index < -0.39 is 17.6 Å². The van der Waals surface area contributed by atoms with Gasteiger partial charge >= 0.3 is 6.18 Å². The molecule has 1 aromatic rings. The highest BCUT2D eigenvalue weighted by atomic mass is 19.4. The van der Waals surface area contributed by atoms with Crippen molar-refractivity contribution in [1.82, 2.24) is 10.2 Å². The lowest BCUT2D eigenvalue weighted by Gasteiger charge is -2.35. The highest BCUT2D eigenvalue weighted by Gasteiger charge is 2.35. The molecule has 2 rings (SSSR count). The Balaban J connectivity index is 2.23. The first-order chi connectivity index (χ1) is 11.4. The third-order valence-electron chi connectivity index (χ3n) is 4.41. The molecule has 0 bridgehead atoms. The van der Waals surface area contributed by atoms with E-state index in [1.54, 1.807) is 0 Å². The van der Waals surface area contributed by atoms with Crippen molar-refractivity contribution in [3.8, 4) is 0 Å². The van der Waals surface area contributed by atoms with Gasteiger partial charge in [-0.2, -0.15) is 13.2 Å². The zero-order valence-electron chi connectivity index (χ0n) is 13.7. The van der Waals surface area contributed by atoms with E-state index in [2.05, 4.69) is 16.8 Å². The van der Waals surface area contributed by atoms with E-state index in [0.29, 0.717) is 5.56 Å². The van der Waals surface area contributed by atoms with E-state index >= 15 is 0 Å². The first-order valence-electron chi connectivity index (χ1n) is 8.36. The predicted molar refractivity (Wildman–Crippen MR) is 87.3 cm³/mol. The van der Waals surface area contributed by atoms with Crippen LogP contribution in [0.15, 0.2) is 30.9 Å². The Labute approximate surface area is 140 Å². The van der Waals surface area contributed by atoms with Gasteiger partial charge in [0.25, 0.3) is 0 Å². The average molecular weight is 344 g/mol. The number of nitrogens with one attached hydrogen (secondary N) is 1. The van der Waals surface area contributed by atoms with Crippen LogP contribution in [0.25, 0.3) is 0 Å². The lowest BCUT2D eigenvalue weighted by atomic mass is 9.96. The van der Waals surface area contributed by atoms with Gasteiger partial charge in [0.05, 0.1) is 5.56 Å². The van der Waals surface area contributed by atoms with Gasteiger partial charge in [-0.05, 0) is 37.0 Å². The molecular formula is C18H24F4N2. The van der Waals surface area contributed by atoms with E-state index in [0.717, 1.165) is 64.0 Å². The van der Waals surface area contributed by atoms with Crippen LogP contribution in [-0.2, 0) is 6.18 Å². The Morgan fingerprint density at radius 2 is 1.92 bits per heavy atom. The summed E-state index contributed by atoms with van der Waals surface area (Å²) < 4.78 is 52.6. The first kappa shape index (κ1) is 18.9. The Morgan fingerprint density at radius 1 is 1.21 bits per heavy atom. The molecule has 1 N–H and O–H groups in total. The maximum Gasteiger partial charge on any atom is 0.419 e. The van der Waals surface area contributed by atoms with Gasteiger partial charge in [-0.1, -0.05) is 18.6 Å². The van der Waals surface area contributed by atoms with Crippen molar-refractivity contribution in [3.63, 3.8) is 0 Å². The molecule has 1 aliphatic heterocycles. The number of halogens is 4. The highest BCUT2D eigenvalue weighted by Crippen LogP contribution is 2.35. The summed E-state index contributed by atoms with van der Waals surface area (Å²) >= 11 is 0. The fraction of sp³-hybridized carbons (Fsp3) is 0.556. The van der Waals surface area contributed by atoms with Gasteiger partial charge in [0.1, 0.15) is 5.82 Å². The number of rotatable bonds is 7. The second-order valence-corrected chi connectivity index (χ2v) is 6.11. The quantitative estimate of drug-likeness (QED) is 0.444. The summed E-state index contributed by atoms with van der Waals surface area (Å²) in [5, 5.41) is 3.25. The lowest BCUT2D eigenvalue weighted by Crippen LogP contribution is -2.45. The minimum Gasteiger partial charge on any atom is -0.314 e. The van der Waals surface area contributed by atoms with Crippen LogP contribution in [0.2, 0.25) is 0 Å². The SMILES string of the molecule is C=CCCCC[C@@H](c1ccc(F)c(C(F)(F)F)c1)N1CCNCC1. The number of alkyl halides is 3. The van der Waals surface area contributed by atoms with E-state index in [-0.39, 0.29) is 6.04 Å². The molecular weight excluding hydrogens is 320 g/mol. The lowest BCUT2D eigenvalue weighted by molar-refractivity contribution is -0.140. The van der Waals surface area contributed by atoms with Crippen LogP contribution in [0.1, 0.15) is 42.9 Å². The van der Waals surface area contributed by atoms with E-state index in [1.807, 2.05) is 6.08 Å². The molecule has 1 atom stereocenters. The standard InChI is InChI=1S/C18H24F4N2/c1-2-3-4-5-6-17(24-11-9-23-10-12-24)14-7-8-16(19)15(13-14)18(20,21)22/h2,7-8,13,17,23H,1,3-6,9-12H2/t17-/m0/s1. The summed E-state index contributed by atoms with van der Waals surface area (Å²) in [6.45, 7) is 6.89. The number of allylic oxidation sites excluding steroid dienone is 1. The van der Waals surface area contributed by atoms with E-state index in [9.17, 15) is 17.6 Å². The summed E-state index contributed by atoms with van der Waals surface area (Å²) in [5.41, 5.74) is -0.629. The molecule has 1 fully saturated rings. The molecule has 134 valence electrons. The molecule has 0 aliphatic carbocycles. The zero-order chi connectivity index (χ0) is 17.6. The van der Waals surface area contributed by atoms with Crippen molar-refractivity contribution in [2.75, 3.05) is 26.2 Å². The van der Waals surface area contributed by atoms with E-state index in [4.69, 9.17) is 0 Å². The predicted octanol–water partition coefficient (Wildman–Crippen LogP) is 4.54. The first-order valence-corrected chi connectivity index (χ1v) is 8.36. The summed E-state index contributed by atoms with van der Waals surface area (Å²) in [4.78, 5) is 2.19. The smallest absolute Gasteiger partial charge is 0.314 e. The Hall–Kier alpha value is -1.40. The van der Waals surface area contributed by atoms with Crippen LogP contribution < -0.4 is 5.32 Å². The van der Waals surface area contributed by atoms with Crippen molar-refractivity contribution in [3.05, 3.63) is 47.8 Å². The topological polar surface area (TPSA) is 15.3 Å². The Kier molecular flexibility index (Phi) is 6.80. The van der Waals surface area contributed by atoms with Gasteiger partial charge in [0, 0.05) is 32.2 Å². The molecule has 1 heterocycles. The second kappa shape index (κ2) is 8.62. The number of hydrogen-bond acceptors (Lipinski definition) is 2. The molecule has 0 saturated carbocycles. The molecule has 0 unspecified atom stereocenters. The number of unbranched alkanes of at least 4 members (excludes halogenated alkanes) is 2. The zero-order valence-corrected chi connectivity index (χ0v) is 13.7. The van der Waals surface area contributed by atoms with Crippen molar-refractivity contribution >= 4 is 0 Å². The third kappa shape index (κ3) is 5.05. The minimum absolute atomic E-state index is 0.112. The molecule has 0 amide bonds. The van der Waals surface area contributed by atoms with Crippen molar-refractivity contribution in [2.24, 2.45) is 0 Å². The number of piperazine rings is 1. The van der Waals surface area contributed by atoms with Gasteiger partial charge in [0.15, 0.2) is 0 Å². The molecule has 1 aliphatic rings. The van der Waals surface area contributed by atoms with E-state index in [1.165, 1.54) is 6.07 Å². The molecule has 1 aromatic carbocycles. The molecule has 2 nitrogen and oxygen atoms in total. The molecule has 1 saturated heterocycles. The Morgan fingerprint density at radius 3 is 2.54 bits per heavy atom. The summed E-state index contributed by atoms with van der Waals surface area (Å²) in [6, 6.07) is 3.30. The van der Waals surface area contributed by atoms with Crippen LogP contribution >= 0.6 is 0 Å².